The number of nitrogens with one attached hydrogen (secondary N) is 1. The summed E-state index contributed by atoms with van der Waals surface area (Å²) in [6.45, 7) is 7.25. The van der Waals surface area contributed by atoms with Crippen LogP contribution in [0.25, 0.3) is 0 Å². The minimum absolute atomic E-state index is 0.691. The monoisotopic (exact) mass is 304 g/mol. The van der Waals surface area contributed by atoms with E-state index in [4.69, 9.17) is 0 Å². The van der Waals surface area contributed by atoms with E-state index >= 15 is 0 Å². The molecule has 2 nitrogen and oxygen atoms in total. The fraction of sp³-hybridized carbons (Fsp3) is 0.778. The van der Waals surface area contributed by atoms with Crippen molar-refractivity contribution < 1.29 is 0 Å². The molecule has 3 aliphatic rings. The van der Waals surface area contributed by atoms with Gasteiger partial charge >= 0.3 is 0 Å². The molecule has 0 bridgehead atoms. The normalized spacial score (nSPS) is 34.1. The molecule has 1 aromatic heterocycles. The molecule has 0 aromatic carbocycles. The molecule has 2 aliphatic carbocycles. The van der Waals surface area contributed by atoms with Crippen LogP contribution in [0.3, 0.4) is 0 Å². The van der Waals surface area contributed by atoms with E-state index in [0.29, 0.717) is 12.1 Å². The second kappa shape index (κ2) is 5.68. The van der Waals surface area contributed by atoms with Crippen molar-refractivity contribution in [2.45, 2.75) is 64.1 Å². The van der Waals surface area contributed by atoms with Gasteiger partial charge in [0.05, 0.1) is 0 Å². The van der Waals surface area contributed by atoms with E-state index in [9.17, 15) is 0 Å². The van der Waals surface area contributed by atoms with Crippen molar-refractivity contribution in [1.82, 2.24) is 10.2 Å². The molecule has 1 aliphatic heterocycles. The summed E-state index contributed by atoms with van der Waals surface area (Å²) in [5.74, 6) is 1.70. The summed E-state index contributed by atoms with van der Waals surface area (Å²) in [5.41, 5.74) is 1.66. The van der Waals surface area contributed by atoms with E-state index in [0.717, 1.165) is 17.9 Å². The SMILES string of the molecule is CC(C)C1CNC(C2CC2)CN1C1CCCc2sccc21. The van der Waals surface area contributed by atoms with E-state index < -0.39 is 0 Å². The average molecular weight is 305 g/mol. The summed E-state index contributed by atoms with van der Waals surface area (Å²) in [6, 6.07) is 4.56. The van der Waals surface area contributed by atoms with Crippen LogP contribution >= 0.6 is 11.3 Å². The second-order valence-corrected chi connectivity index (χ2v) is 8.57. The Kier molecular flexibility index (Phi) is 3.85. The fourth-order valence-corrected chi connectivity index (χ4v) is 5.40. The van der Waals surface area contributed by atoms with Gasteiger partial charge in [-0.3, -0.25) is 4.90 Å². The minimum atomic E-state index is 0.691. The zero-order valence-electron chi connectivity index (χ0n) is 13.3. The Labute approximate surface area is 132 Å². The lowest BCUT2D eigenvalue weighted by atomic mass is 9.87. The maximum atomic E-state index is 3.86. The van der Waals surface area contributed by atoms with Crippen molar-refractivity contribution in [3.8, 4) is 0 Å². The Bertz CT molecular complexity index is 491. The number of piperazine rings is 1. The van der Waals surface area contributed by atoms with E-state index in [2.05, 4.69) is 35.5 Å². The molecule has 0 spiro atoms. The third-order valence-electron chi connectivity index (χ3n) is 5.80. The number of hydrogen-bond acceptors (Lipinski definition) is 3. The Balaban J connectivity index is 1.60. The molecular weight excluding hydrogens is 276 g/mol. The molecule has 21 heavy (non-hydrogen) atoms. The van der Waals surface area contributed by atoms with Gasteiger partial charge in [0.15, 0.2) is 0 Å². The van der Waals surface area contributed by atoms with Crippen LogP contribution in [0.2, 0.25) is 0 Å². The number of fused-ring (bicyclic) bond motifs is 1. The summed E-state index contributed by atoms with van der Waals surface area (Å²) in [5, 5.41) is 6.17. The molecule has 1 saturated heterocycles. The summed E-state index contributed by atoms with van der Waals surface area (Å²) in [6.07, 6.45) is 6.96. The molecule has 0 amide bonds. The van der Waals surface area contributed by atoms with Gasteiger partial charge in [0.25, 0.3) is 0 Å². The van der Waals surface area contributed by atoms with Crippen LogP contribution in [0.15, 0.2) is 11.4 Å². The molecular formula is C18H28N2S. The zero-order valence-corrected chi connectivity index (χ0v) is 14.2. The van der Waals surface area contributed by atoms with Gasteiger partial charge in [0.2, 0.25) is 0 Å². The standard InChI is InChI=1S/C18H28N2S/c1-12(2)17-10-19-15(13-6-7-13)11-20(17)16-4-3-5-18-14(16)8-9-21-18/h8-9,12-13,15-17,19H,3-7,10-11H2,1-2H3. The first-order chi connectivity index (χ1) is 10.2. The van der Waals surface area contributed by atoms with Crippen molar-refractivity contribution in [2.75, 3.05) is 13.1 Å². The van der Waals surface area contributed by atoms with Gasteiger partial charge in [-0.15, -0.1) is 11.3 Å². The Morgan fingerprint density at radius 1 is 1.29 bits per heavy atom. The molecule has 116 valence electrons. The maximum absolute atomic E-state index is 3.86. The van der Waals surface area contributed by atoms with Crippen molar-refractivity contribution in [3.05, 3.63) is 21.9 Å². The van der Waals surface area contributed by atoms with Crippen LogP contribution in [0, 0.1) is 11.8 Å². The number of aryl methyl sites for hydroxylation is 1. The number of rotatable bonds is 3. The highest BCUT2D eigenvalue weighted by molar-refractivity contribution is 7.10. The van der Waals surface area contributed by atoms with Crippen LogP contribution in [-0.4, -0.2) is 30.1 Å². The van der Waals surface area contributed by atoms with Gasteiger partial charge in [-0.25, -0.2) is 0 Å². The van der Waals surface area contributed by atoms with E-state index in [-0.39, 0.29) is 0 Å². The lowest BCUT2D eigenvalue weighted by Crippen LogP contribution is -2.59. The molecule has 1 saturated carbocycles. The van der Waals surface area contributed by atoms with Crippen molar-refractivity contribution in [3.63, 3.8) is 0 Å². The van der Waals surface area contributed by atoms with Gasteiger partial charge in [-0.2, -0.15) is 0 Å². The number of hydrogen-bond donors (Lipinski definition) is 1. The predicted octanol–water partition coefficient (Wildman–Crippen LogP) is 3.83. The third kappa shape index (κ3) is 2.69. The van der Waals surface area contributed by atoms with Gasteiger partial charge in [-0.05, 0) is 60.9 Å². The van der Waals surface area contributed by atoms with Crippen molar-refractivity contribution >= 4 is 11.3 Å². The second-order valence-electron chi connectivity index (χ2n) is 7.57. The highest BCUT2D eigenvalue weighted by Crippen LogP contribution is 2.42. The van der Waals surface area contributed by atoms with E-state index in [1.54, 1.807) is 10.4 Å². The molecule has 1 aromatic rings. The maximum Gasteiger partial charge on any atom is 0.0363 e. The van der Waals surface area contributed by atoms with Gasteiger partial charge in [0.1, 0.15) is 0 Å². The van der Waals surface area contributed by atoms with Gasteiger partial charge in [0, 0.05) is 36.1 Å². The first-order valence-corrected chi connectivity index (χ1v) is 9.67. The largest absolute Gasteiger partial charge is 0.311 e. The lowest BCUT2D eigenvalue weighted by molar-refractivity contribution is 0.0431. The predicted molar refractivity (Wildman–Crippen MR) is 89.8 cm³/mol. The lowest BCUT2D eigenvalue weighted by Gasteiger charge is -2.47. The molecule has 3 atom stereocenters. The van der Waals surface area contributed by atoms with Crippen LogP contribution in [-0.2, 0) is 6.42 Å². The van der Waals surface area contributed by atoms with Crippen molar-refractivity contribution in [2.24, 2.45) is 11.8 Å². The Morgan fingerprint density at radius 2 is 2.14 bits per heavy atom. The zero-order chi connectivity index (χ0) is 14.4. The minimum Gasteiger partial charge on any atom is -0.311 e. The molecule has 2 fully saturated rings. The van der Waals surface area contributed by atoms with Crippen LogP contribution in [0.5, 0.6) is 0 Å². The smallest absolute Gasteiger partial charge is 0.0363 e. The first-order valence-electron chi connectivity index (χ1n) is 8.79. The summed E-state index contributed by atoms with van der Waals surface area (Å²) < 4.78 is 0. The summed E-state index contributed by atoms with van der Waals surface area (Å²) >= 11 is 1.98. The Hall–Kier alpha value is -0.380. The number of thiophene rings is 1. The molecule has 1 N–H and O–H groups in total. The van der Waals surface area contributed by atoms with Gasteiger partial charge < -0.3 is 5.32 Å². The highest BCUT2D eigenvalue weighted by Gasteiger charge is 2.41. The summed E-state index contributed by atoms with van der Waals surface area (Å²) in [4.78, 5) is 4.55. The highest BCUT2D eigenvalue weighted by atomic mass is 32.1. The van der Waals surface area contributed by atoms with Crippen LogP contribution in [0.4, 0.5) is 0 Å². The quantitative estimate of drug-likeness (QED) is 0.913. The van der Waals surface area contributed by atoms with E-state index in [1.807, 2.05) is 11.3 Å². The van der Waals surface area contributed by atoms with Crippen LogP contribution < -0.4 is 5.32 Å². The molecule has 2 heterocycles. The first kappa shape index (κ1) is 14.2. The number of nitrogens with zero attached hydrogens (tertiary/aromatic N) is 1. The average Bonchev–Trinajstić information content (AvgIpc) is 3.23. The van der Waals surface area contributed by atoms with Crippen LogP contribution in [0.1, 0.15) is 56.0 Å². The molecule has 4 rings (SSSR count). The molecule has 3 heteroatoms. The van der Waals surface area contributed by atoms with Gasteiger partial charge in [-0.1, -0.05) is 13.8 Å². The van der Waals surface area contributed by atoms with Crippen molar-refractivity contribution in [1.29, 1.82) is 0 Å². The van der Waals surface area contributed by atoms with E-state index in [1.165, 1.54) is 45.2 Å². The fourth-order valence-electron chi connectivity index (χ4n) is 4.41. The third-order valence-corrected chi connectivity index (χ3v) is 6.80. The summed E-state index contributed by atoms with van der Waals surface area (Å²) in [7, 11) is 0. The molecule has 3 unspecified atom stereocenters. The topological polar surface area (TPSA) is 15.3 Å². The molecule has 0 radical (unpaired) electrons. The Morgan fingerprint density at radius 3 is 2.90 bits per heavy atom.